The molecule has 6 nitrogen and oxygen atoms in total. The van der Waals surface area contributed by atoms with Gasteiger partial charge < -0.3 is 10.3 Å². The summed E-state index contributed by atoms with van der Waals surface area (Å²) in [5.74, 6) is -0.00910. The van der Waals surface area contributed by atoms with E-state index in [1.165, 1.54) is 16.0 Å². The highest BCUT2D eigenvalue weighted by molar-refractivity contribution is 7.10. The van der Waals surface area contributed by atoms with Crippen LogP contribution >= 0.6 is 11.3 Å². The van der Waals surface area contributed by atoms with Crippen LogP contribution in [0.4, 0.5) is 0 Å². The summed E-state index contributed by atoms with van der Waals surface area (Å²) in [7, 11) is 0. The number of aromatic amines is 1. The normalized spacial score (nSPS) is 14.1. The number of aromatic nitrogens is 3. The van der Waals surface area contributed by atoms with Crippen molar-refractivity contribution in [3.8, 4) is 0 Å². The molecule has 1 aliphatic rings. The second-order valence-electron chi connectivity index (χ2n) is 7.18. The molecule has 4 rings (SSSR count). The highest BCUT2D eigenvalue weighted by Crippen LogP contribution is 2.29. The van der Waals surface area contributed by atoms with Crippen molar-refractivity contribution in [2.75, 3.05) is 6.54 Å². The Morgan fingerprint density at radius 1 is 1.36 bits per heavy atom. The van der Waals surface area contributed by atoms with E-state index < -0.39 is 0 Å². The molecule has 2 N–H and O–H groups in total. The molecule has 0 fully saturated rings. The molecule has 0 spiro atoms. The SMILES string of the molecule is CCc1ccc(CN2CCc3c(C(=O)NCc4nc[nH]c4C)csc3C2)nc1. The van der Waals surface area contributed by atoms with Crippen LogP contribution in [0.2, 0.25) is 0 Å². The van der Waals surface area contributed by atoms with E-state index in [4.69, 9.17) is 0 Å². The molecule has 4 heterocycles. The van der Waals surface area contributed by atoms with Crippen LogP contribution < -0.4 is 5.32 Å². The Morgan fingerprint density at radius 2 is 2.25 bits per heavy atom. The number of pyridine rings is 1. The second-order valence-corrected chi connectivity index (χ2v) is 8.14. The third-order valence-corrected chi connectivity index (χ3v) is 6.31. The molecule has 3 aromatic heterocycles. The predicted molar refractivity (Wildman–Crippen MR) is 110 cm³/mol. The molecule has 1 amide bonds. The molecule has 0 aromatic carbocycles. The number of fused-ring (bicyclic) bond motifs is 1. The molecule has 0 aliphatic carbocycles. The molecule has 0 saturated carbocycles. The van der Waals surface area contributed by atoms with Crippen LogP contribution in [0.5, 0.6) is 0 Å². The third-order valence-electron chi connectivity index (χ3n) is 5.30. The lowest BCUT2D eigenvalue weighted by Gasteiger charge is -2.27. The summed E-state index contributed by atoms with van der Waals surface area (Å²) >= 11 is 1.68. The first kappa shape index (κ1) is 18.8. The van der Waals surface area contributed by atoms with Crippen molar-refractivity contribution in [1.29, 1.82) is 0 Å². The van der Waals surface area contributed by atoms with Crippen molar-refractivity contribution in [3.05, 3.63) is 68.7 Å². The number of imidazole rings is 1. The van der Waals surface area contributed by atoms with Crippen LogP contribution in [-0.4, -0.2) is 32.3 Å². The van der Waals surface area contributed by atoms with Gasteiger partial charge in [-0.3, -0.25) is 14.7 Å². The van der Waals surface area contributed by atoms with Gasteiger partial charge in [0.2, 0.25) is 0 Å². The van der Waals surface area contributed by atoms with Gasteiger partial charge in [0, 0.05) is 41.8 Å². The van der Waals surface area contributed by atoms with E-state index in [1.54, 1.807) is 17.7 Å². The summed E-state index contributed by atoms with van der Waals surface area (Å²) in [6.07, 6.45) is 5.54. The highest BCUT2D eigenvalue weighted by Gasteiger charge is 2.24. The van der Waals surface area contributed by atoms with Crippen LogP contribution in [0, 0.1) is 6.92 Å². The van der Waals surface area contributed by atoms with Gasteiger partial charge in [0.25, 0.3) is 5.91 Å². The Hall–Kier alpha value is -2.51. The first-order chi connectivity index (χ1) is 13.6. The molecule has 28 heavy (non-hydrogen) atoms. The van der Waals surface area contributed by atoms with Gasteiger partial charge in [-0.2, -0.15) is 0 Å². The van der Waals surface area contributed by atoms with Crippen molar-refractivity contribution in [1.82, 2.24) is 25.2 Å². The van der Waals surface area contributed by atoms with E-state index in [-0.39, 0.29) is 5.91 Å². The van der Waals surface area contributed by atoms with Gasteiger partial charge in [-0.05, 0) is 37.0 Å². The zero-order valence-electron chi connectivity index (χ0n) is 16.3. The van der Waals surface area contributed by atoms with Gasteiger partial charge in [0.15, 0.2) is 0 Å². The van der Waals surface area contributed by atoms with E-state index in [1.807, 2.05) is 18.5 Å². The first-order valence-electron chi connectivity index (χ1n) is 9.66. The molecule has 0 saturated heterocycles. The van der Waals surface area contributed by atoms with E-state index in [0.717, 1.165) is 55.1 Å². The number of hydrogen-bond acceptors (Lipinski definition) is 5. The summed E-state index contributed by atoms with van der Waals surface area (Å²) in [6.45, 7) is 7.22. The lowest BCUT2D eigenvalue weighted by atomic mass is 10.0. The smallest absolute Gasteiger partial charge is 0.252 e. The minimum absolute atomic E-state index is 0.00910. The average Bonchev–Trinajstić information content (AvgIpc) is 3.32. The fourth-order valence-electron chi connectivity index (χ4n) is 3.52. The number of rotatable bonds is 6. The second kappa shape index (κ2) is 8.24. The highest BCUT2D eigenvalue weighted by atomic mass is 32.1. The minimum atomic E-state index is -0.00910. The van der Waals surface area contributed by atoms with E-state index >= 15 is 0 Å². The van der Waals surface area contributed by atoms with Crippen LogP contribution in [0.3, 0.4) is 0 Å². The molecule has 146 valence electrons. The molecule has 0 bridgehead atoms. The van der Waals surface area contributed by atoms with Crippen LogP contribution in [0.25, 0.3) is 0 Å². The standard InChI is InChI=1S/C21H25N5OS/c1-3-15-4-5-16(22-8-15)10-26-7-6-17-18(12-28-20(17)11-26)21(27)23-9-19-14(2)24-13-25-19/h4-5,8,12-13H,3,6-7,9-11H2,1-2H3,(H,23,27)(H,24,25). The number of nitrogens with one attached hydrogen (secondary N) is 2. The van der Waals surface area contributed by atoms with Crippen LogP contribution in [0.1, 0.15) is 50.4 Å². The number of carbonyl (C=O) groups is 1. The molecular formula is C21H25N5OS. The van der Waals surface area contributed by atoms with Crippen molar-refractivity contribution in [3.63, 3.8) is 0 Å². The lowest BCUT2D eigenvalue weighted by Crippen LogP contribution is -2.31. The topological polar surface area (TPSA) is 73.9 Å². The average molecular weight is 396 g/mol. The quantitative estimate of drug-likeness (QED) is 0.672. The summed E-state index contributed by atoms with van der Waals surface area (Å²) in [5.41, 5.74) is 6.26. The Labute approximate surface area is 169 Å². The largest absolute Gasteiger partial charge is 0.348 e. The molecule has 0 atom stereocenters. The number of thiophene rings is 1. The fraction of sp³-hybridized carbons (Fsp3) is 0.381. The third kappa shape index (κ3) is 4.00. The van der Waals surface area contributed by atoms with Crippen molar-refractivity contribution in [2.24, 2.45) is 0 Å². The summed E-state index contributed by atoms with van der Waals surface area (Å²) in [6, 6.07) is 4.28. The maximum absolute atomic E-state index is 12.7. The zero-order valence-corrected chi connectivity index (χ0v) is 17.1. The molecule has 0 radical (unpaired) electrons. The van der Waals surface area contributed by atoms with Crippen molar-refractivity contribution < 1.29 is 4.79 Å². The summed E-state index contributed by atoms with van der Waals surface area (Å²) < 4.78 is 0. The van der Waals surface area contributed by atoms with Gasteiger partial charge >= 0.3 is 0 Å². The van der Waals surface area contributed by atoms with E-state index in [2.05, 4.69) is 44.2 Å². The maximum Gasteiger partial charge on any atom is 0.252 e. The Balaban J connectivity index is 1.38. The molecule has 7 heteroatoms. The van der Waals surface area contributed by atoms with Crippen LogP contribution in [-0.2, 0) is 32.5 Å². The van der Waals surface area contributed by atoms with E-state index in [0.29, 0.717) is 6.54 Å². The van der Waals surface area contributed by atoms with Gasteiger partial charge in [0.05, 0.1) is 29.8 Å². The number of aryl methyl sites for hydroxylation is 2. The number of nitrogens with zero attached hydrogens (tertiary/aromatic N) is 3. The van der Waals surface area contributed by atoms with Gasteiger partial charge in [-0.25, -0.2) is 4.98 Å². The van der Waals surface area contributed by atoms with Crippen molar-refractivity contribution >= 4 is 17.2 Å². The minimum Gasteiger partial charge on any atom is -0.348 e. The Bertz CT molecular complexity index is 960. The molecule has 0 unspecified atom stereocenters. The number of amides is 1. The molecule has 1 aliphatic heterocycles. The summed E-state index contributed by atoms with van der Waals surface area (Å²) in [5, 5.41) is 5.00. The Kier molecular flexibility index (Phi) is 5.54. The monoisotopic (exact) mass is 395 g/mol. The number of hydrogen-bond donors (Lipinski definition) is 2. The van der Waals surface area contributed by atoms with Gasteiger partial charge in [0.1, 0.15) is 0 Å². The molecular weight excluding hydrogens is 370 g/mol. The Morgan fingerprint density at radius 3 is 2.96 bits per heavy atom. The zero-order chi connectivity index (χ0) is 19.5. The number of H-pyrrole nitrogens is 1. The molecule has 3 aromatic rings. The summed E-state index contributed by atoms with van der Waals surface area (Å²) in [4.78, 5) is 28.2. The first-order valence-corrected chi connectivity index (χ1v) is 10.5. The van der Waals surface area contributed by atoms with Gasteiger partial charge in [-0.15, -0.1) is 11.3 Å². The predicted octanol–water partition coefficient (Wildman–Crippen LogP) is 3.23. The lowest BCUT2D eigenvalue weighted by molar-refractivity contribution is 0.0949. The van der Waals surface area contributed by atoms with E-state index in [9.17, 15) is 4.79 Å². The fourth-order valence-corrected chi connectivity index (χ4v) is 4.64. The van der Waals surface area contributed by atoms with Crippen molar-refractivity contribution in [2.45, 2.75) is 46.3 Å². The van der Waals surface area contributed by atoms with Gasteiger partial charge in [-0.1, -0.05) is 13.0 Å². The van der Waals surface area contributed by atoms with Crippen LogP contribution in [0.15, 0.2) is 30.0 Å². The number of carbonyl (C=O) groups excluding carboxylic acids is 1. The maximum atomic E-state index is 12.7.